The van der Waals surface area contributed by atoms with Crippen LogP contribution >= 0.6 is 11.3 Å². The van der Waals surface area contributed by atoms with Crippen molar-refractivity contribution in [3.63, 3.8) is 0 Å². The first-order valence-corrected chi connectivity index (χ1v) is 6.85. The Morgan fingerprint density at radius 2 is 2.24 bits per heavy atom. The molecule has 0 spiro atoms. The Kier molecular flexibility index (Phi) is 4.34. The molecule has 2 rings (SSSR count). The average Bonchev–Trinajstić information content (AvgIpc) is 3.00. The van der Waals surface area contributed by atoms with Gasteiger partial charge in [0.15, 0.2) is 0 Å². The second-order valence-corrected chi connectivity index (χ2v) is 5.05. The van der Waals surface area contributed by atoms with Crippen molar-refractivity contribution < 1.29 is 4.42 Å². The van der Waals surface area contributed by atoms with Gasteiger partial charge in [0, 0.05) is 30.5 Å². The summed E-state index contributed by atoms with van der Waals surface area (Å²) < 4.78 is 5.63. The topological polar surface area (TPSA) is 38.1 Å². The molecule has 0 bridgehead atoms. The Hall–Kier alpha value is -1.13. The first-order valence-electron chi connectivity index (χ1n) is 5.97. The van der Waals surface area contributed by atoms with Crippen LogP contribution in [0.1, 0.15) is 36.3 Å². The molecule has 0 saturated heterocycles. The molecule has 1 atom stereocenters. The summed E-state index contributed by atoms with van der Waals surface area (Å²) >= 11 is 1.71. The molecule has 0 aliphatic heterocycles. The second-order valence-electron chi connectivity index (χ2n) is 4.12. The fraction of sp³-hybridized carbons (Fsp3) is 0.462. The summed E-state index contributed by atoms with van der Waals surface area (Å²) in [6.07, 6.45) is 2.81. The normalized spacial score (nSPS) is 12.8. The molecule has 0 radical (unpaired) electrons. The highest BCUT2D eigenvalue weighted by Crippen LogP contribution is 2.16. The molecular weight excluding hydrogens is 232 g/mol. The van der Waals surface area contributed by atoms with Crippen LogP contribution in [0.4, 0.5) is 0 Å². The van der Waals surface area contributed by atoms with Crippen LogP contribution in [0.5, 0.6) is 0 Å². The lowest BCUT2D eigenvalue weighted by atomic mass is 10.2. The predicted molar refractivity (Wildman–Crippen MR) is 70.3 cm³/mol. The highest BCUT2D eigenvalue weighted by Gasteiger charge is 2.08. The second kappa shape index (κ2) is 5.98. The molecule has 0 saturated carbocycles. The summed E-state index contributed by atoms with van der Waals surface area (Å²) in [6, 6.07) is 4.08. The highest BCUT2D eigenvalue weighted by atomic mass is 32.1. The molecule has 4 heteroatoms. The number of aromatic nitrogens is 1. The quantitative estimate of drug-likeness (QED) is 0.855. The van der Waals surface area contributed by atoms with E-state index in [-0.39, 0.29) is 0 Å². The maximum absolute atomic E-state index is 5.63. The number of hydrogen-bond donors (Lipinski definition) is 1. The van der Waals surface area contributed by atoms with E-state index in [1.54, 1.807) is 11.3 Å². The van der Waals surface area contributed by atoms with Crippen molar-refractivity contribution >= 4 is 11.3 Å². The van der Waals surface area contributed by atoms with E-state index in [9.17, 15) is 0 Å². The zero-order valence-corrected chi connectivity index (χ0v) is 11.1. The maximum Gasteiger partial charge on any atom is 0.117 e. The van der Waals surface area contributed by atoms with Gasteiger partial charge in [0.05, 0.1) is 11.6 Å². The minimum Gasteiger partial charge on any atom is -0.465 e. The molecule has 17 heavy (non-hydrogen) atoms. The van der Waals surface area contributed by atoms with E-state index in [1.807, 2.05) is 23.7 Å². The Bertz CT molecular complexity index is 436. The molecule has 0 aliphatic rings. The van der Waals surface area contributed by atoms with Gasteiger partial charge in [-0.3, -0.25) is 0 Å². The summed E-state index contributed by atoms with van der Waals surface area (Å²) in [4.78, 5) is 4.31. The van der Waals surface area contributed by atoms with Crippen molar-refractivity contribution in [3.8, 4) is 0 Å². The third-order valence-electron chi connectivity index (χ3n) is 2.69. The van der Waals surface area contributed by atoms with Crippen LogP contribution in [0.15, 0.2) is 28.1 Å². The predicted octanol–water partition coefficient (Wildman–Crippen LogP) is 3.19. The SMILES string of the molecule is CCc1ccc(CNCC(C)c2nccs2)o1. The summed E-state index contributed by atoms with van der Waals surface area (Å²) in [5, 5.41) is 6.61. The van der Waals surface area contributed by atoms with Crippen LogP contribution in [0.2, 0.25) is 0 Å². The lowest BCUT2D eigenvalue weighted by Crippen LogP contribution is -2.19. The molecule has 0 aromatic carbocycles. The van der Waals surface area contributed by atoms with Crippen molar-refractivity contribution in [1.29, 1.82) is 0 Å². The van der Waals surface area contributed by atoms with Gasteiger partial charge in [-0.05, 0) is 12.1 Å². The van der Waals surface area contributed by atoms with E-state index >= 15 is 0 Å². The smallest absolute Gasteiger partial charge is 0.117 e. The molecule has 1 N–H and O–H groups in total. The van der Waals surface area contributed by atoms with Gasteiger partial charge in [-0.15, -0.1) is 11.3 Å². The van der Waals surface area contributed by atoms with E-state index in [0.717, 1.165) is 31.0 Å². The van der Waals surface area contributed by atoms with E-state index in [2.05, 4.69) is 24.1 Å². The third kappa shape index (κ3) is 3.41. The summed E-state index contributed by atoms with van der Waals surface area (Å²) in [6.45, 7) is 6.00. The molecular formula is C13H18N2OS. The number of furan rings is 1. The number of rotatable bonds is 6. The molecule has 2 heterocycles. The van der Waals surface area contributed by atoms with E-state index in [0.29, 0.717) is 5.92 Å². The van der Waals surface area contributed by atoms with Crippen molar-refractivity contribution in [2.24, 2.45) is 0 Å². The first-order chi connectivity index (χ1) is 8.29. The van der Waals surface area contributed by atoms with Gasteiger partial charge in [-0.1, -0.05) is 13.8 Å². The van der Waals surface area contributed by atoms with Gasteiger partial charge in [0.1, 0.15) is 11.5 Å². The monoisotopic (exact) mass is 250 g/mol. The van der Waals surface area contributed by atoms with Gasteiger partial charge in [0.25, 0.3) is 0 Å². The Labute approximate surface area is 106 Å². The van der Waals surface area contributed by atoms with E-state index < -0.39 is 0 Å². The molecule has 0 fully saturated rings. The largest absolute Gasteiger partial charge is 0.465 e. The van der Waals surface area contributed by atoms with Crippen LogP contribution in [0, 0.1) is 0 Å². The Balaban J connectivity index is 1.76. The van der Waals surface area contributed by atoms with Gasteiger partial charge < -0.3 is 9.73 Å². The van der Waals surface area contributed by atoms with Crippen molar-refractivity contribution in [2.45, 2.75) is 32.7 Å². The molecule has 1 unspecified atom stereocenters. The van der Waals surface area contributed by atoms with Gasteiger partial charge >= 0.3 is 0 Å². The van der Waals surface area contributed by atoms with E-state index in [4.69, 9.17) is 4.42 Å². The third-order valence-corrected chi connectivity index (χ3v) is 3.70. The zero-order valence-electron chi connectivity index (χ0n) is 10.3. The minimum atomic E-state index is 0.454. The van der Waals surface area contributed by atoms with Crippen LogP contribution in [0.25, 0.3) is 0 Å². The summed E-state index contributed by atoms with van der Waals surface area (Å²) in [5.74, 6) is 2.51. The Morgan fingerprint density at radius 3 is 2.88 bits per heavy atom. The van der Waals surface area contributed by atoms with Crippen molar-refractivity contribution in [2.75, 3.05) is 6.54 Å². The number of hydrogen-bond acceptors (Lipinski definition) is 4. The lowest BCUT2D eigenvalue weighted by molar-refractivity contribution is 0.446. The van der Waals surface area contributed by atoms with Crippen molar-refractivity contribution in [3.05, 3.63) is 40.2 Å². The fourth-order valence-electron chi connectivity index (χ4n) is 1.68. The van der Waals surface area contributed by atoms with Gasteiger partial charge in [0.2, 0.25) is 0 Å². The molecule has 2 aromatic rings. The molecule has 0 aliphatic carbocycles. The van der Waals surface area contributed by atoms with Crippen LogP contribution in [0.3, 0.4) is 0 Å². The first kappa shape index (κ1) is 12.3. The Morgan fingerprint density at radius 1 is 1.41 bits per heavy atom. The van der Waals surface area contributed by atoms with E-state index in [1.165, 1.54) is 5.01 Å². The van der Waals surface area contributed by atoms with Gasteiger partial charge in [-0.25, -0.2) is 4.98 Å². The zero-order chi connectivity index (χ0) is 12.1. The highest BCUT2D eigenvalue weighted by molar-refractivity contribution is 7.09. The van der Waals surface area contributed by atoms with Crippen LogP contribution in [-0.2, 0) is 13.0 Å². The minimum absolute atomic E-state index is 0.454. The standard InChI is InChI=1S/C13H18N2OS/c1-3-11-4-5-12(16-11)9-14-8-10(2)13-15-6-7-17-13/h4-7,10,14H,3,8-9H2,1-2H3. The summed E-state index contributed by atoms with van der Waals surface area (Å²) in [5.41, 5.74) is 0. The van der Waals surface area contributed by atoms with Crippen molar-refractivity contribution in [1.82, 2.24) is 10.3 Å². The summed E-state index contributed by atoms with van der Waals surface area (Å²) in [7, 11) is 0. The van der Waals surface area contributed by atoms with Gasteiger partial charge in [-0.2, -0.15) is 0 Å². The molecule has 0 amide bonds. The van der Waals surface area contributed by atoms with Crippen LogP contribution in [-0.4, -0.2) is 11.5 Å². The van der Waals surface area contributed by atoms with Crippen LogP contribution < -0.4 is 5.32 Å². The fourth-order valence-corrected chi connectivity index (χ4v) is 2.38. The number of aryl methyl sites for hydroxylation is 1. The molecule has 92 valence electrons. The number of thiazole rings is 1. The number of nitrogens with one attached hydrogen (secondary N) is 1. The molecule has 2 aromatic heterocycles. The average molecular weight is 250 g/mol. The maximum atomic E-state index is 5.63. The lowest BCUT2D eigenvalue weighted by Gasteiger charge is -2.08. The number of nitrogens with zero attached hydrogens (tertiary/aromatic N) is 1. The molecule has 3 nitrogen and oxygen atoms in total.